The summed E-state index contributed by atoms with van der Waals surface area (Å²) in [5, 5.41) is 11.6. The predicted octanol–water partition coefficient (Wildman–Crippen LogP) is 7.80. The molecule has 0 aliphatic carbocycles. The van der Waals surface area contributed by atoms with E-state index in [4.69, 9.17) is 5.10 Å². The van der Waals surface area contributed by atoms with Gasteiger partial charge in [0.1, 0.15) is 5.82 Å². The number of ketones is 1. The SMILES string of the molecule is Cc1ccc(-n2nc(C(C)(C)C)cc2NC(=O)Nc2cccc(CC3CC4CCC(C3)N4C(=O)C(=O)c3c[nH]c4ccccc34)c2)cc1. The van der Waals surface area contributed by atoms with Crippen LogP contribution in [0.5, 0.6) is 0 Å². The van der Waals surface area contributed by atoms with Gasteiger partial charge in [-0.15, -0.1) is 0 Å². The number of aromatic nitrogens is 3. The number of amides is 3. The molecule has 7 rings (SSSR count). The van der Waals surface area contributed by atoms with Crippen LogP contribution in [0.2, 0.25) is 0 Å². The number of benzene rings is 3. The zero-order chi connectivity index (χ0) is 33.6. The lowest BCUT2D eigenvalue weighted by Gasteiger charge is -2.38. The number of Topliss-reactive ketones (excluding diaryl/α,β-unsaturated/α-hetero) is 1. The zero-order valence-electron chi connectivity index (χ0n) is 27.9. The molecule has 2 fully saturated rings. The number of hydrogen-bond donors (Lipinski definition) is 3. The highest BCUT2D eigenvalue weighted by atomic mass is 16.2. The van der Waals surface area contributed by atoms with Crippen LogP contribution in [0, 0.1) is 12.8 Å². The van der Waals surface area contributed by atoms with Gasteiger partial charge < -0.3 is 15.2 Å². The van der Waals surface area contributed by atoms with Crippen LogP contribution < -0.4 is 10.6 Å². The fourth-order valence-corrected chi connectivity index (χ4v) is 7.39. The number of fused-ring (bicyclic) bond motifs is 3. The largest absolute Gasteiger partial charge is 0.360 e. The van der Waals surface area contributed by atoms with Gasteiger partial charge in [-0.1, -0.05) is 68.8 Å². The first-order valence-corrected chi connectivity index (χ1v) is 16.8. The third-order valence-corrected chi connectivity index (χ3v) is 9.80. The van der Waals surface area contributed by atoms with Crippen LogP contribution in [0.25, 0.3) is 16.6 Å². The van der Waals surface area contributed by atoms with Crippen molar-refractivity contribution in [1.29, 1.82) is 0 Å². The summed E-state index contributed by atoms with van der Waals surface area (Å²) >= 11 is 0. The Kier molecular flexibility index (Phi) is 8.15. The Morgan fingerprint density at radius 1 is 0.896 bits per heavy atom. The maximum absolute atomic E-state index is 13.5. The van der Waals surface area contributed by atoms with E-state index >= 15 is 0 Å². The lowest BCUT2D eigenvalue weighted by Crippen LogP contribution is -2.49. The number of urea groups is 1. The topological polar surface area (TPSA) is 112 Å². The number of carbonyl (C=O) groups excluding carboxylic acids is 3. The molecule has 3 N–H and O–H groups in total. The van der Waals surface area contributed by atoms with Gasteiger partial charge in [-0.25, -0.2) is 9.48 Å². The molecule has 2 aliphatic rings. The van der Waals surface area contributed by atoms with Gasteiger partial charge in [0, 0.05) is 46.4 Å². The first-order chi connectivity index (χ1) is 23.0. The molecule has 0 radical (unpaired) electrons. The molecule has 3 amide bonds. The number of nitrogens with one attached hydrogen (secondary N) is 3. The number of carbonyl (C=O) groups is 3. The lowest BCUT2D eigenvalue weighted by atomic mass is 9.85. The van der Waals surface area contributed by atoms with Crippen LogP contribution in [0.1, 0.15) is 73.6 Å². The molecular weight excluding hydrogens is 600 g/mol. The van der Waals surface area contributed by atoms with Crippen LogP contribution in [0.3, 0.4) is 0 Å². The van der Waals surface area contributed by atoms with E-state index < -0.39 is 5.78 Å². The summed E-state index contributed by atoms with van der Waals surface area (Å²) < 4.78 is 1.77. The molecule has 3 aromatic carbocycles. The van der Waals surface area contributed by atoms with Crippen molar-refractivity contribution in [3.63, 3.8) is 0 Å². The van der Waals surface area contributed by atoms with E-state index in [1.54, 1.807) is 10.9 Å². The van der Waals surface area contributed by atoms with Gasteiger partial charge in [-0.3, -0.25) is 14.9 Å². The summed E-state index contributed by atoms with van der Waals surface area (Å²) in [6, 6.07) is 25.3. The quantitative estimate of drug-likeness (QED) is 0.124. The van der Waals surface area contributed by atoms with Gasteiger partial charge in [0.2, 0.25) is 0 Å². The first-order valence-electron chi connectivity index (χ1n) is 16.8. The normalized spacial score (nSPS) is 19.0. The zero-order valence-corrected chi connectivity index (χ0v) is 27.9. The van der Waals surface area contributed by atoms with E-state index in [0.717, 1.165) is 65.5 Å². The minimum absolute atomic E-state index is 0.0684. The standard InChI is InChI=1S/C39H42N6O3/c1-24-12-14-28(15-13-24)45-35(22-34(43-45)39(2,3)4)42-38(48)41-27-9-7-8-25(19-27)18-26-20-29-16-17-30(21-26)44(29)37(47)36(46)32-23-40-33-11-6-5-10-31(32)33/h5-15,19,22-23,26,29-30,40H,16-18,20-21H2,1-4H3,(H2,41,42,48). The molecule has 9 heteroatoms. The molecule has 2 aliphatic heterocycles. The van der Waals surface area contributed by atoms with E-state index in [-0.39, 0.29) is 29.4 Å². The van der Waals surface area contributed by atoms with Crippen LogP contribution in [0.4, 0.5) is 16.3 Å². The molecule has 5 aromatic rings. The molecule has 48 heavy (non-hydrogen) atoms. The van der Waals surface area contributed by atoms with Crippen LogP contribution in [-0.2, 0) is 16.6 Å². The van der Waals surface area contributed by atoms with Crippen molar-refractivity contribution in [3.05, 3.63) is 107 Å². The Hall–Kier alpha value is -5.18. The Labute approximate surface area is 280 Å². The third-order valence-electron chi connectivity index (χ3n) is 9.80. The fraction of sp³-hybridized carbons (Fsp3) is 0.333. The molecule has 2 bridgehead atoms. The van der Waals surface area contributed by atoms with E-state index in [0.29, 0.717) is 23.0 Å². The van der Waals surface area contributed by atoms with Gasteiger partial charge >= 0.3 is 6.03 Å². The monoisotopic (exact) mass is 642 g/mol. The molecule has 2 saturated heterocycles. The maximum atomic E-state index is 13.5. The minimum Gasteiger partial charge on any atom is -0.360 e. The number of anilines is 2. The lowest BCUT2D eigenvalue weighted by molar-refractivity contribution is -0.131. The molecule has 2 unspecified atom stereocenters. The van der Waals surface area contributed by atoms with Gasteiger partial charge in [-0.05, 0) is 80.8 Å². The van der Waals surface area contributed by atoms with Crippen LogP contribution in [-0.4, -0.2) is 49.5 Å². The van der Waals surface area contributed by atoms with Crippen molar-refractivity contribution >= 4 is 40.1 Å². The first kappa shape index (κ1) is 31.4. The number of hydrogen-bond acceptors (Lipinski definition) is 4. The second-order valence-corrected chi connectivity index (χ2v) is 14.4. The Morgan fingerprint density at radius 3 is 2.35 bits per heavy atom. The molecule has 9 nitrogen and oxygen atoms in total. The highest BCUT2D eigenvalue weighted by Gasteiger charge is 2.45. The van der Waals surface area contributed by atoms with Gasteiger partial charge in [0.15, 0.2) is 0 Å². The summed E-state index contributed by atoms with van der Waals surface area (Å²) in [5.41, 5.74) is 5.85. The highest BCUT2D eigenvalue weighted by Crippen LogP contribution is 2.40. The van der Waals surface area contributed by atoms with Crippen molar-refractivity contribution < 1.29 is 14.4 Å². The second-order valence-electron chi connectivity index (χ2n) is 14.4. The minimum atomic E-state index is -0.434. The van der Waals surface area contributed by atoms with Crippen molar-refractivity contribution in [2.24, 2.45) is 5.92 Å². The molecular formula is C39H42N6O3. The van der Waals surface area contributed by atoms with Crippen LogP contribution in [0.15, 0.2) is 85.1 Å². The number of aryl methyl sites for hydroxylation is 1. The van der Waals surface area contributed by atoms with Gasteiger partial charge in [-0.2, -0.15) is 5.10 Å². The molecule has 0 saturated carbocycles. The van der Waals surface area contributed by atoms with Crippen molar-refractivity contribution in [2.75, 3.05) is 10.6 Å². The maximum Gasteiger partial charge on any atom is 0.324 e. The number of para-hydroxylation sites is 1. The fourth-order valence-electron chi connectivity index (χ4n) is 7.39. The summed E-state index contributed by atoms with van der Waals surface area (Å²) in [6.07, 6.45) is 6.07. The molecule has 246 valence electrons. The Morgan fingerprint density at radius 2 is 1.62 bits per heavy atom. The summed E-state index contributed by atoms with van der Waals surface area (Å²) in [7, 11) is 0. The van der Waals surface area contributed by atoms with E-state index in [1.165, 1.54) is 0 Å². The molecule has 0 spiro atoms. The summed E-state index contributed by atoms with van der Waals surface area (Å²) in [5.74, 6) is 0.161. The second kappa shape index (κ2) is 12.4. The van der Waals surface area contributed by atoms with Crippen molar-refractivity contribution in [3.8, 4) is 5.69 Å². The predicted molar refractivity (Wildman–Crippen MR) is 189 cm³/mol. The molecule has 4 heterocycles. The van der Waals surface area contributed by atoms with Gasteiger partial charge in [0.05, 0.1) is 16.9 Å². The molecule has 2 aromatic heterocycles. The van der Waals surface area contributed by atoms with Crippen LogP contribution >= 0.6 is 0 Å². The number of aromatic amines is 1. The number of piperidine rings is 1. The Bertz CT molecular complexity index is 1990. The molecule has 2 atom stereocenters. The van der Waals surface area contributed by atoms with E-state index in [9.17, 15) is 14.4 Å². The van der Waals surface area contributed by atoms with Crippen molar-refractivity contribution in [2.45, 2.75) is 77.3 Å². The third kappa shape index (κ3) is 6.24. The summed E-state index contributed by atoms with van der Waals surface area (Å²) in [4.78, 5) is 45.1. The average molecular weight is 643 g/mol. The van der Waals surface area contributed by atoms with E-state index in [1.807, 2.05) is 84.6 Å². The van der Waals surface area contributed by atoms with Crippen molar-refractivity contribution in [1.82, 2.24) is 19.7 Å². The summed E-state index contributed by atoms with van der Waals surface area (Å²) in [6.45, 7) is 8.34. The Balaban J connectivity index is 0.998. The number of nitrogens with zero attached hydrogens (tertiary/aromatic N) is 3. The number of H-pyrrole nitrogens is 1. The highest BCUT2D eigenvalue weighted by molar-refractivity contribution is 6.45. The van der Waals surface area contributed by atoms with E-state index in [2.05, 4.69) is 42.5 Å². The average Bonchev–Trinajstić information content (AvgIpc) is 3.75. The number of rotatable bonds is 7. The van der Waals surface area contributed by atoms with Gasteiger partial charge in [0.25, 0.3) is 11.7 Å². The smallest absolute Gasteiger partial charge is 0.324 e.